The van der Waals surface area contributed by atoms with Crippen LogP contribution in [0.25, 0.3) is 0 Å². The molecule has 0 aliphatic carbocycles. The van der Waals surface area contributed by atoms with E-state index >= 15 is 0 Å². The number of hydrogen-bond donors (Lipinski definition) is 1. The molecule has 0 bridgehead atoms. The summed E-state index contributed by atoms with van der Waals surface area (Å²) in [6.45, 7) is 3.82. The van der Waals surface area contributed by atoms with Crippen molar-refractivity contribution in [1.82, 2.24) is 4.90 Å². The Morgan fingerprint density at radius 2 is 1.82 bits per heavy atom. The number of halogens is 1. The monoisotopic (exact) mass is 447 g/mol. The summed E-state index contributed by atoms with van der Waals surface area (Å²) in [6, 6.07) is 19.6. The summed E-state index contributed by atoms with van der Waals surface area (Å²) >= 11 is 0. The molecule has 1 fully saturated rings. The third kappa shape index (κ3) is 4.17. The van der Waals surface area contributed by atoms with Crippen LogP contribution in [0.3, 0.4) is 0 Å². The number of hydrogen-bond acceptors (Lipinski definition) is 5. The first-order valence-corrected chi connectivity index (χ1v) is 11.1. The smallest absolute Gasteiger partial charge is 0.262 e. The average molecular weight is 448 g/mol. The van der Waals surface area contributed by atoms with Gasteiger partial charge in [-0.15, -0.1) is 0 Å². The maximum absolute atomic E-state index is 14.9. The Labute approximate surface area is 192 Å². The van der Waals surface area contributed by atoms with Gasteiger partial charge in [0.25, 0.3) is 5.91 Å². The molecule has 5 rings (SSSR count). The number of carbonyl (C=O) groups is 1. The number of carbonyl (C=O) groups excluding carboxylic acids is 1. The highest BCUT2D eigenvalue weighted by Gasteiger charge is 2.35. The first-order chi connectivity index (χ1) is 16.2. The van der Waals surface area contributed by atoms with Gasteiger partial charge in [0.05, 0.1) is 31.6 Å². The van der Waals surface area contributed by atoms with E-state index in [1.807, 2.05) is 36.4 Å². The number of benzene rings is 3. The molecule has 2 heterocycles. The molecule has 0 saturated carbocycles. The van der Waals surface area contributed by atoms with Crippen molar-refractivity contribution < 1.29 is 18.7 Å². The fourth-order valence-electron chi connectivity index (χ4n) is 4.47. The van der Waals surface area contributed by atoms with E-state index < -0.39 is 12.0 Å². The number of amides is 1. The molecule has 7 heteroatoms. The summed E-state index contributed by atoms with van der Waals surface area (Å²) in [4.78, 5) is 17.4. The first kappa shape index (κ1) is 21.4. The largest absolute Gasteiger partial charge is 0.496 e. The second kappa shape index (κ2) is 9.21. The molecule has 2 aliphatic rings. The topological polar surface area (TPSA) is 54.0 Å². The van der Waals surface area contributed by atoms with Gasteiger partial charge in [-0.2, -0.15) is 0 Å². The summed E-state index contributed by atoms with van der Waals surface area (Å²) in [5, 5.41) is 3.45. The number of ether oxygens (including phenoxy) is 2. The fraction of sp³-hybridized carbons (Fsp3) is 0.269. The predicted octanol–water partition coefficient (Wildman–Crippen LogP) is 4.44. The van der Waals surface area contributed by atoms with E-state index in [0.717, 1.165) is 35.7 Å². The number of methoxy groups -OCH3 is 1. The van der Waals surface area contributed by atoms with Crippen LogP contribution in [0.5, 0.6) is 5.75 Å². The van der Waals surface area contributed by atoms with Crippen LogP contribution < -0.4 is 15.0 Å². The van der Waals surface area contributed by atoms with E-state index in [4.69, 9.17) is 9.47 Å². The number of rotatable bonds is 5. The van der Waals surface area contributed by atoms with Crippen molar-refractivity contribution in [1.29, 1.82) is 0 Å². The van der Waals surface area contributed by atoms with E-state index in [1.165, 1.54) is 11.0 Å². The SMILES string of the molecule is COc1ccc(C2Nc3ccccc3C(=O)N2c2ccccc2F)cc1CN1CCOCC1. The summed E-state index contributed by atoms with van der Waals surface area (Å²) in [6.07, 6.45) is -0.571. The van der Waals surface area contributed by atoms with Crippen LogP contribution in [-0.2, 0) is 11.3 Å². The number of para-hydroxylation sites is 2. The van der Waals surface area contributed by atoms with Gasteiger partial charge in [0.15, 0.2) is 0 Å². The Morgan fingerprint density at radius 1 is 1.06 bits per heavy atom. The minimum absolute atomic E-state index is 0.236. The van der Waals surface area contributed by atoms with Gasteiger partial charge in [0.2, 0.25) is 0 Å². The lowest BCUT2D eigenvalue weighted by Gasteiger charge is -2.38. The van der Waals surface area contributed by atoms with Gasteiger partial charge in [0, 0.05) is 30.9 Å². The van der Waals surface area contributed by atoms with Crippen molar-refractivity contribution in [2.45, 2.75) is 12.7 Å². The standard InChI is InChI=1S/C26H26FN3O3/c1-32-24-11-10-18(16-19(24)17-29-12-14-33-15-13-29)25-28-22-8-4-2-6-20(22)26(31)30(25)23-9-5-3-7-21(23)27/h2-11,16,25,28H,12-15,17H2,1H3. The zero-order valence-electron chi connectivity index (χ0n) is 18.5. The van der Waals surface area contributed by atoms with Crippen LogP contribution in [-0.4, -0.2) is 44.2 Å². The molecule has 170 valence electrons. The van der Waals surface area contributed by atoms with Gasteiger partial charge < -0.3 is 14.8 Å². The number of nitrogens with zero attached hydrogens (tertiary/aromatic N) is 2. The predicted molar refractivity (Wildman–Crippen MR) is 125 cm³/mol. The van der Waals surface area contributed by atoms with Crippen LogP contribution in [0, 0.1) is 5.82 Å². The minimum Gasteiger partial charge on any atom is -0.496 e. The summed E-state index contributed by atoms with van der Waals surface area (Å²) in [5.74, 6) is 0.0919. The molecule has 1 saturated heterocycles. The average Bonchev–Trinajstić information content (AvgIpc) is 2.85. The highest BCUT2D eigenvalue weighted by molar-refractivity contribution is 6.12. The van der Waals surface area contributed by atoms with Gasteiger partial charge in [-0.05, 0) is 42.0 Å². The lowest BCUT2D eigenvalue weighted by molar-refractivity contribution is 0.0338. The lowest BCUT2D eigenvalue weighted by atomic mass is 10.00. The van der Waals surface area contributed by atoms with Gasteiger partial charge in [-0.1, -0.05) is 30.3 Å². The number of fused-ring (bicyclic) bond motifs is 1. The van der Waals surface area contributed by atoms with Crippen molar-refractivity contribution >= 4 is 17.3 Å². The highest BCUT2D eigenvalue weighted by atomic mass is 19.1. The summed E-state index contributed by atoms with van der Waals surface area (Å²) in [5.41, 5.74) is 3.34. The normalized spacial score (nSPS) is 18.5. The van der Waals surface area contributed by atoms with E-state index in [-0.39, 0.29) is 11.6 Å². The molecule has 0 aromatic heterocycles. The Bertz CT molecular complexity index is 1160. The zero-order chi connectivity index (χ0) is 22.8. The van der Waals surface area contributed by atoms with Gasteiger partial charge >= 0.3 is 0 Å². The number of nitrogens with one attached hydrogen (secondary N) is 1. The third-order valence-electron chi connectivity index (χ3n) is 6.16. The van der Waals surface area contributed by atoms with Gasteiger partial charge in [0.1, 0.15) is 17.7 Å². The molecular weight excluding hydrogens is 421 g/mol. The lowest BCUT2D eigenvalue weighted by Crippen LogP contribution is -2.43. The molecule has 1 atom stereocenters. The second-order valence-electron chi connectivity index (χ2n) is 8.18. The number of morpholine rings is 1. The van der Waals surface area contributed by atoms with Crippen molar-refractivity contribution in [2.75, 3.05) is 43.6 Å². The third-order valence-corrected chi connectivity index (χ3v) is 6.16. The zero-order valence-corrected chi connectivity index (χ0v) is 18.5. The van der Waals surface area contributed by atoms with Crippen molar-refractivity contribution in [2.24, 2.45) is 0 Å². The van der Waals surface area contributed by atoms with Crippen LogP contribution in [0.4, 0.5) is 15.8 Å². The Morgan fingerprint density at radius 3 is 2.61 bits per heavy atom. The quantitative estimate of drug-likeness (QED) is 0.627. The molecule has 1 N–H and O–H groups in total. The maximum Gasteiger partial charge on any atom is 0.262 e. The van der Waals surface area contributed by atoms with Crippen LogP contribution in [0.2, 0.25) is 0 Å². The van der Waals surface area contributed by atoms with E-state index in [1.54, 1.807) is 31.4 Å². The van der Waals surface area contributed by atoms with Crippen LogP contribution in [0.1, 0.15) is 27.7 Å². The van der Waals surface area contributed by atoms with Crippen molar-refractivity contribution in [3.8, 4) is 5.75 Å². The highest BCUT2D eigenvalue weighted by Crippen LogP contribution is 2.38. The second-order valence-corrected chi connectivity index (χ2v) is 8.18. The molecule has 1 unspecified atom stereocenters. The van der Waals surface area contributed by atoms with Gasteiger partial charge in [-0.25, -0.2) is 4.39 Å². The molecule has 6 nitrogen and oxygen atoms in total. The Kier molecular flexibility index (Phi) is 5.98. The molecule has 33 heavy (non-hydrogen) atoms. The van der Waals surface area contributed by atoms with E-state index in [0.29, 0.717) is 25.3 Å². The molecule has 2 aliphatic heterocycles. The van der Waals surface area contributed by atoms with E-state index in [2.05, 4.69) is 10.2 Å². The van der Waals surface area contributed by atoms with Gasteiger partial charge in [-0.3, -0.25) is 14.6 Å². The van der Waals surface area contributed by atoms with Crippen molar-refractivity contribution in [3.05, 3.63) is 89.2 Å². The minimum atomic E-state index is -0.571. The molecular formula is C26H26FN3O3. The Hall–Kier alpha value is -3.42. The Balaban J connectivity index is 1.57. The molecule has 0 spiro atoms. The first-order valence-electron chi connectivity index (χ1n) is 11.1. The van der Waals surface area contributed by atoms with Crippen molar-refractivity contribution in [3.63, 3.8) is 0 Å². The van der Waals surface area contributed by atoms with E-state index in [9.17, 15) is 9.18 Å². The summed E-state index contributed by atoms with van der Waals surface area (Å²) < 4.78 is 25.9. The number of anilines is 2. The fourth-order valence-corrected chi connectivity index (χ4v) is 4.47. The molecule has 0 radical (unpaired) electrons. The molecule has 1 amide bonds. The molecule has 3 aromatic carbocycles. The van der Waals surface area contributed by atoms with Crippen LogP contribution >= 0.6 is 0 Å². The molecule has 3 aromatic rings. The summed E-state index contributed by atoms with van der Waals surface area (Å²) in [7, 11) is 1.65. The van der Waals surface area contributed by atoms with Crippen LogP contribution in [0.15, 0.2) is 66.7 Å². The maximum atomic E-state index is 14.9.